The topological polar surface area (TPSA) is 84.7 Å². The summed E-state index contributed by atoms with van der Waals surface area (Å²) in [7, 11) is 0. The Morgan fingerprint density at radius 1 is 1.38 bits per heavy atom. The van der Waals surface area contributed by atoms with Crippen LogP contribution in [0, 0.1) is 0 Å². The van der Waals surface area contributed by atoms with Gasteiger partial charge in [0.15, 0.2) is 6.10 Å². The number of para-hydroxylation sites is 2. The van der Waals surface area contributed by atoms with Crippen LogP contribution in [0.4, 0.5) is 5.69 Å². The van der Waals surface area contributed by atoms with E-state index in [2.05, 4.69) is 5.32 Å². The van der Waals surface area contributed by atoms with Gasteiger partial charge in [-0.1, -0.05) is 12.1 Å². The van der Waals surface area contributed by atoms with E-state index in [0.717, 1.165) is 18.1 Å². The maximum atomic E-state index is 12.7. The van der Waals surface area contributed by atoms with Crippen LogP contribution in [0.25, 0.3) is 0 Å². The van der Waals surface area contributed by atoms with Crippen molar-refractivity contribution in [2.75, 3.05) is 29.5 Å². The molecule has 112 valence electrons. The van der Waals surface area contributed by atoms with Gasteiger partial charge in [0.2, 0.25) is 5.91 Å². The average molecular weight is 307 g/mol. The lowest BCUT2D eigenvalue weighted by atomic mass is 10.1. The highest BCUT2D eigenvalue weighted by Crippen LogP contribution is 2.33. The average Bonchev–Trinajstić information content (AvgIpc) is 2.54. The van der Waals surface area contributed by atoms with E-state index in [1.807, 2.05) is 12.1 Å². The number of hydrogen-bond acceptors (Lipinski definition) is 5. The molecule has 0 bridgehead atoms. The Kier molecular flexibility index (Phi) is 4.03. The molecule has 1 aromatic rings. The number of amides is 2. The number of hydrogen-bond donors (Lipinski definition) is 2. The molecule has 3 N–H and O–H groups in total. The molecule has 2 unspecified atom stereocenters. The molecule has 2 heterocycles. The standard InChI is InChI=1S/C14H17N3O3S/c15-13(18)12-7-17(10-3-1-2-4-11(10)20-12)14(19)9-8-21-6-5-16-9/h1-4,9,12,16H,5-8H2,(H2,15,18). The Bertz CT molecular complexity index is 560. The van der Waals surface area contributed by atoms with Crippen LogP contribution >= 0.6 is 11.8 Å². The summed E-state index contributed by atoms with van der Waals surface area (Å²) < 4.78 is 5.57. The third-order valence-electron chi connectivity index (χ3n) is 3.58. The van der Waals surface area contributed by atoms with Gasteiger partial charge in [-0.2, -0.15) is 11.8 Å². The van der Waals surface area contributed by atoms with Crippen molar-refractivity contribution in [2.24, 2.45) is 5.73 Å². The summed E-state index contributed by atoms with van der Waals surface area (Å²) in [6, 6.07) is 6.98. The Morgan fingerprint density at radius 3 is 2.90 bits per heavy atom. The van der Waals surface area contributed by atoms with Crippen LogP contribution in [0.2, 0.25) is 0 Å². The number of thioether (sulfide) groups is 1. The molecule has 0 saturated carbocycles. The molecule has 2 aliphatic rings. The van der Waals surface area contributed by atoms with Gasteiger partial charge in [0.05, 0.1) is 18.3 Å². The number of nitrogens with one attached hydrogen (secondary N) is 1. The van der Waals surface area contributed by atoms with Crippen molar-refractivity contribution in [3.63, 3.8) is 0 Å². The van der Waals surface area contributed by atoms with E-state index in [-0.39, 0.29) is 18.5 Å². The Hall–Kier alpha value is -1.73. The molecule has 6 nitrogen and oxygen atoms in total. The fourth-order valence-corrected chi connectivity index (χ4v) is 3.43. The number of anilines is 1. The lowest BCUT2D eigenvalue weighted by Gasteiger charge is -2.36. The number of benzene rings is 1. The van der Waals surface area contributed by atoms with Gasteiger partial charge in [-0.15, -0.1) is 0 Å². The minimum Gasteiger partial charge on any atom is -0.477 e. The van der Waals surface area contributed by atoms with Crippen LogP contribution in [-0.2, 0) is 9.59 Å². The van der Waals surface area contributed by atoms with E-state index < -0.39 is 12.0 Å². The van der Waals surface area contributed by atoms with Crippen LogP contribution in [0.1, 0.15) is 0 Å². The molecule has 3 rings (SSSR count). The summed E-state index contributed by atoms with van der Waals surface area (Å²) in [6.45, 7) is 0.973. The highest BCUT2D eigenvalue weighted by molar-refractivity contribution is 7.99. The first-order valence-corrected chi connectivity index (χ1v) is 8.00. The second-order valence-corrected chi connectivity index (χ2v) is 6.16. The lowest BCUT2D eigenvalue weighted by Crippen LogP contribution is -2.56. The summed E-state index contributed by atoms with van der Waals surface area (Å²) in [5.74, 6) is 1.66. The molecule has 1 saturated heterocycles. The molecule has 21 heavy (non-hydrogen) atoms. The van der Waals surface area contributed by atoms with Gasteiger partial charge < -0.3 is 20.7 Å². The third kappa shape index (κ3) is 2.84. The highest BCUT2D eigenvalue weighted by atomic mass is 32.2. The predicted octanol–water partition coefficient (Wildman–Crippen LogP) is -0.0291. The van der Waals surface area contributed by atoms with Crippen molar-refractivity contribution in [3.05, 3.63) is 24.3 Å². The van der Waals surface area contributed by atoms with Gasteiger partial charge in [0.25, 0.3) is 5.91 Å². The van der Waals surface area contributed by atoms with Crippen LogP contribution in [-0.4, -0.2) is 48.6 Å². The fourth-order valence-electron chi connectivity index (χ4n) is 2.50. The minimum atomic E-state index is -0.805. The molecule has 1 fully saturated rings. The highest BCUT2D eigenvalue weighted by Gasteiger charge is 2.35. The van der Waals surface area contributed by atoms with Crippen molar-refractivity contribution in [3.8, 4) is 5.75 Å². The molecule has 0 aromatic heterocycles. The maximum absolute atomic E-state index is 12.7. The summed E-state index contributed by atoms with van der Waals surface area (Å²) in [6.07, 6.45) is -0.805. The first kappa shape index (κ1) is 14.2. The Morgan fingerprint density at radius 2 is 2.19 bits per heavy atom. The normalized spacial score (nSPS) is 24.9. The van der Waals surface area contributed by atoms with Gasteiger partial charge in [-0.3, -0.25) is 9.59 Å². The zero-order chi connectivity index (χ0) is 14.8. The Balaban J connectivity index is 1.88. The summed E-state index contributed by atoms with van der Waals surface area (Å²) in [5, 5.41) is 3.22. The molecule has 1 aromatic carbocycles. The lowest BCUT2D eigenvalue weighted by molar-refractivity contribution is -0.125. The molecule has 2 atom stereocenters. The van der Waals surface area contributed by atoms with E-state index in [4.69, 9.17) is 10.5 Å². The van der Waals surface area contributed by atoms with Gasteiger partial charge in [0.1, 0.15) is 5.75 Å². The molecule has 0 aliphatic carbocycles. The summed E-state index contributed by atoms with van der Waals surface area (Å²) in [5.41, 5.74) is 6.04. The number of nitrogens with two attached hydrogens (primary N) is 1. The molecule has 0 radical (unpaired) electrons. The van der Waals surface area contributed by atoms with Crippen molar-refractivity contribution in [1.29, 1.82) is 0 Å². The van der Waals surface area contributed by atoms with E-state index in [1.54, 1.807) is 28.8 Å². The monoisotopic (exact) mass is 307 g/mol. The quantitative estimate of drug-likeness (QED) is 0.801. The SMILES string of the molecule is NC(=O)C1CN(C(=O)C2CSCCN2)c2ccccc2O1. The number of nitrogens with zero attached hydrogens (tertiary/aromatic N) is 1. The van der Waals surface area contributed by atoms with Gasteiger partial charge in [-0.05, 0) is 12.1 Å². The molecule has 2 amide bonds. The number of rotatable bonds is 2. The minimum absolute atomic E-state index is 0.0378. The number of ether oxygens (including phenoxy) is 1. The molecular formula is C14H17N3O3S. The van der Waals surface area contributed by atoms with Crippen LogP contribution in [0.5, 0.6) is 5.75 Å². The van der Waals surface area contributed by atoms with Crippen LogP contribution < -0.4 is 20.7 Å². The first-order chi connectivity index (χ1) is 10.2. The smallest absolute Gasteiger partial charge is 0.260 e. The first-order valence-electron chi connectivity index (χ1n) is 6.84. The fraction of sp³-hybridized carbons (Fsp3) is 0.429. The van der Waals surface area contributed by atoms with Crippen LogP contribution in [0.15, 0.2) is 24.3 Å². The number of fused-ring (bicyclic) bond motifs is 1. The van der Waals surface area contributed by atoms with Gasteiger partial charge >= 0.3 is 0 Å². The van der Waals surface area contributed by atoms with E-state index in [9.17, 15) is 9.59 Å². The van der Waals surface area contributed by atoms with Crippen molar-refractivity contribution in [2.45, 2.75) is 12.1 Å². The third-order valence-corrected chi connectivity index (χ3v) is 4.64. The second-order valence-electron chi connectivity index (χ2n) is 5.01. The van der Waals surface area contributed by atoms with Crippen LogP contribution in [0.3, 0.4) is 0 Å². The number of primary amides is 1. The summed E-state index contributed by atoms with van der Waals surface area (Å²) in [4.78, 5) is 25.8. The van der Waals surface area contributed by atoms with Crippen molar-refractivity contribution >= 4 is 29.3 Å². The van der Waals surface area contributed by atoms with Gasteiger partial charge in [0, 0.05) is 18.1 Å². The Labute approximate surface area is 127 Å². The van der Waals surface area contributed by atoms with Gasteiger partial charge in [-0.25, -0.2) is 0 Å². The van der Waals surface area contributed by atoms with E-state index in [0.29, 0.717) is 11.4 Å². The predicted molar refractivity (Wildman–Crippen MR) is 81.5 cm³/mol. The largest absolute Gasteiger partial charge is 0.477 e. The maximum Gasteiger partial charge on any atom is 0.260 e. The molecule has 0 spiro atoms. The molecule has 7 heteroatoms. The second kappa shape index (κ2) is 5.95. The number of carbonyl (C=O) groups is 2. The zero-order valence-electron chi connectivity index (χ0n) is 11.5. The number of carbonyl (C=O) groups excluding carboxylic acids is 2. The molecule has 2 aliphatic heterocycles. The van der Waals surface area contributed by atoms with E-state index >= 15 is 0 Å². The van der Waals surface area contributed by atoms with Crippen molar-refractivity contribution < 1.29 is 14.3 Å². The molecular weight excluding hydrogens is 290 g/mol. The zero-order valence-corrected chi connectivity index (χ0v) is 12.3. The summed E-state index contributed by atoms with van der Waals surface area (Å²) >= 11 is 1.75. The van der Waals surface area contributed by atoms with Crippen molar-refractivity contribution in [1.82, 2.24) is 5.32 Å². The van der Waals surface area contributed by atoms with E-state index in [1.165, 1.54) is 0 Å².